The normalized spacial score (nSPS) is 11.8. The Hall–Kier alpha value is -2.09. The molecule has 1 heterocycles. The fourth-order valence-corrected chi connectivity index (χ4v) is 2.11. The minimum atomic E-state index is -0.365. The van der Waals surface area contributed by atoms with Crippen LogP contribution in [0, 0.1) is 25.2 Å². The first-order chi connectivity index (χ1) is 9.40. The summed E-state index contributed by atoms with van der Waals surface area (Å²) >= 11 is 0. The van der Waals surface area contributed by atoms with Crippen molar-refractivity contribution in [2.75, 3.05) is 0 Å². The van der Waals surface area contributed by atoms with Crippen molar-refractivity contribution in [2.24, 2.45) is 0 Å². The van der Waals surface area contributed by atoms with Crippen LogP contribution in [0.4, 0.5) is 0 Å². The highest BCUT2D eigenvalue weighted by Crippen LogP contribution is 2.14. The van der Waals surface area contributed by atoms with Crippen LogP contribution in [-0.4, -0.2) is 16.9 Å². The highest BCUT2D eigenvalue weighted by Gasteiger charge is 2.13. The third kappa shape index (κ3) is 3.70. The van der Waals surface area contributed by atoms with Crippen molar-refractivity contribution < 1.29 is 4.79 Å². The molecule has 0 saturated carbocycles. The molecule has 1 amide bonds. The van der Waals surface area contributed by atoms with E-state index in [1.165, 1.54) is 0 Å². The van der Waals surface area contributed by atoms with Gasteiger partial charge in [0.15, 0.2) is 0 Å². The number of carbonyl (C=O) groups is 1. The summed E-state index contributed by atoms with van der Waals surface area (Å²) in [5, 5.41) is 11.9. The number of nitriles is 1. The summed E-state index contributed by atoms with van der Waals surface area (Å²) in [5.41, 5.74) is 2.04. The first kappa shape index (κ1) is 16.0. The molecular formula is C15H21N3O2. The second-order valence-electron chi connectivity index (χ2n) is 5.05. The Morgan fingerprint density at radius 2 is 2.10 bits per heavy atom. The molecular weight excluding hydrogens is 254 g/mol. The van der Waals surface area contributed by atoms with E-state index in [9.17, 15) is 9.59 Å². The summed E-state index contributed by atoms with van der Waals surface area (Å²) in [6.07, 6.45) is 1.76. The van der Waals surface area contributed by atoms with E-state index in [-0.39, 0.29) is 23.1 Å². The van der Waals surface area contributed by atoms with Gasteiger partial charge >= 0.3 is 0 Å². The number of aryl methyl sites for hydroxylation is 1. The molecule has 0 aliphatic carbocycles. The van der Waals surface area contributed by atoms with Gasteiger partial charge in [-0.1, -0.05) is 6.92 Å². The number of nitrogens with zero attached hydrogens (tertiary/aromatic N) is 1. The van der Waals surface area contributed by atoms with Crippen molar-refractivity contribution in [2.45, 2.75) is 53.0 Å². The lowest BCUT2D eigenvalue weighted by Gasteiger charge is -2.13. The van der Waals surface area contributed by atoms with Crippen LogP contribution in [0.5, 0.6) is 0 Å². The SMILES string of the molecule is CC[C@H](C)NC(=O)CCc1c(C)[nH]c(=O)c(C#N)c1C. The maximum atomic E-state index is 11.8. The molecule has 1 aromatic heterocycles. The third-order valence-electron chi connectivity index (χ3n) is 3.54. The Bertz CT molecular complexity index is 596. The molecule has 108 valence electrons. The molecule has 1 aromatic rings. The predicted octanol–water partition coefficient (Wildman–Crippen LogP) is 1.71. The molecule has 0 aliphatic rings. The van der Waals surface area contributed by atoms with Crippen LogP contribution in [0.25, 0.3) is 0 Å². The summed E-state index contributed by atoms with van der Waals surface area (Å²) in [4.78, 5) is 26.1. The zero-order valence-corrected chi connectivity index (χ0v) is 12.5. The van der Waals surface area contributed by atoms with Crippen molar-refractivity contribution in [3.05, 3.63) is 32.7 Å². The van der Waals surface area contributed by atoms with Crippen molar-refractivity contribution in [3.63, 3.8) is 0 Å². The van der Waals surface area contributed by atoms with E-state index in [1.54, 1.807) is 13.8 Å². The van der Waals surface area contributed by atoms with Crippen LogP contribution in [0.15, 0.2) is 4.79 Å². The molecule has 0 unspecified atom stereocenters. The number of nitrogens with one attached hydrogen (secondary N) is 2. The van der Waals surface area contributed by atoms with E-state index in [1.807, 2.05) is 19.9 Å². The van der Waals surface area contributed by atoms with E-state index in [4.69, 9.17) is 5.26 Å². The number of aromatic nitrogens is 1. The number of hydrogen-bond acceptors (Lipinski definition) is 3. The minimum Gasteiger partial charge on any atom is -0.354 e. The van der Waals surface area contributed by atoms with Crippen molar-refractivity contribution in [3.8, 4) is 6.07 Å². The average Bonchev–Trinajstić information content (AvgIpc) is 2.38. The monoisotopic (exact) mass is 275 g/mol. The van der Waals surface area contributed by atoms with Crippen LogP contribution in [0.2, 0.25) is 0 Å². The summed E-state index contributed by atoms with van der Waals surface area (Å²) in [7, 11) is 0. The number of amides is 1. The number of pyridine rings is 1. The minimum absolute atomic E-state index is 0.0112. The summed E-state index contributed by atoms with van der Waals surface area (Å²) in [5.74, 6) is -0.0112. The highest BCUT2D eigenvalue weighted by molar-refractivity contribution is 5.76. The Morgan fingerprint density at radius 3 is 2.65 bits per heavy atom. The number of rotatable bonds is 5. The van der Waals surface area contributed by atoms with E-state index in [0.29, 0.717) is 18.4 Å². The van der Waals surface area contributed by atoms with Gasteiger partial charge in [0.2, 0.25) is 5.91 Å². The number of H-pyrrole nitrogens is 1. The average molecular weight is 275 g/mol. The predicted molar refractivity (Wildman–Crippen MR) is 77.5 cm³/mol. The lowest BCUT2D eigenvalue weighted by molar-refractivity contribution is -0.121. The Kier molecular flexibility index (Phi) is 5.51. The van der Waals surface area contributed by atoms with E-state index in [2.05, 4.69) is 10.3 Å². The highest BCUT2D eigenvalue weighted by atomic mass is 16.1. The largest absolute Gasteiger partial charge is 0.354 e. The van der Waals surface area contributed by atoms with Gasteiger partial charge in [-0.25, -0.2) is 0 Å². The molecule has 0 fully saturated rings. The van der Waals surface area contributed by atoms with Crippen LogP contribution >= 0.6 is 0 Å². The Balaban J connectivity index is 2.87. The molecule has 5 nitrogen and oxygen atoms in total. The molecule has 20 heavy (non-hydrogen) atoms. The van der Waals surface area contributed by atoms with Gasteiger partial charge < -0.3 is 10.3 Å². The smallest absolute Gasteiger partial charge is 0.266 e. The van der Waals surface area contributed by atoms with Gasteiger partial charge in [0.1, 0.15) is 11.6 Å². The van der Waals surface area contributed by atoms with Crippen LogP contribution in [-0.2, 0) is 11.2 Å². The fraction of sp³-hybridized carbons (Fsp3) is 0.533. The van der Waals surface area contributed by atoms with Gasteiger partial charge in [-0.3, -0.25) is 9.59 Å². The molecule has 1 rings (SSSR count). The van der Waals surface area contributed by atoms with Gasteiger partial charge in [0, 0.05) is 18.2 Å². The second kappa shape index (κ2) is 6.90. The maximum absolute atomic E-state index is 11.8. The van der Waals surface area contributed by atoms with Crippen molar-refractivity contribution in [1.82, 2.24) is 10.3 Å². The summed E-state index contributed by atoms with van der Waals surface area (Å²) in [6, 6.07) is 2.08. The molecule has 0 spiro atoms. The molecule has 0 aliphatic heterocycles. The Labute approximate surface area is 119 Å². The van der Waals surface area contributed by atoms with Crippen LogP contribution in [0.3, 0.4) is 0 Å². The summed E-state index contributed by atoms with van der Waals surface area (Å²) < 4.78 is 0. The molecule has 0 aromatic carbocycles. The first-order valence-electron chi connectivity index (χ1n) is 6.82. The zero-order chi connectivity index (χ0) is 15.3. The molecule has 0 saturated heterocycles. The number of aromatic amines is 1. The molecule has 0 radical (unpaired) electrons. The lowest BCUT2D eigenvalue weighted by Crippen LogP contribution is -2.32. The van der Waals surface area contributed by atoms with Gasteiger partial charge in [-0.05, 0) is 44.7 Å². The topological polar surface area (TPSA) is 85.8 Å². The van der Waals surface area contributed by atoms with E-state index >= 15 is 0 Å². The van der Waals surface area contributed by atoms with E-state index < -0.39 is 0 Å². The Morgan fingerprint density at radius 1 is 1.45 bits per heavy atom. The quantitative estimate of drug-likeness (QED) is 0.857. The number of hydrogen-bond donors (Lipinski definition) is 2. The standard InChI is InChI=1S/C15H21N3O2/c1-5-9(2)17-14(19)7-6-12-10(3)13(8-16)15(20)18-11(12)4/h9H,5-7H2,1-4H3,(H,17,19)(H,18,20)/t9-/m0/s1. The van der Waals surface area contributed by atoms with Gasteiger partial charge in [-0.2, -0.15) is 5.26 Å². The van der Waals surface area contributed by atoms with Crippen molar-refractivity contribution in [1.29, 1.82) is 5.26 Å². The van der Waals surface area contributed by atoms with Crippen LogP contribution in [0.1, 0.15) is 49.1 Å². The van der Waals surface area contributed by atoms with Crippen molar-refractivity contribution >= 4 is 5.91 Å². The number of carbonyl (C=O) groups excluding carboxylic acids is 1. The van der Waals surface area contributed by atoms with Crippen LogP contribution < -0.4 is 10.9 Å². The maximum Gasteiger partial charge on any atom is 0.266 e. The third-order valence-corrected chi connectivity index (χ3v) is 3.54. The van der Waals surface area contributed by atoms with Gasteiger partial charge in [0.05, 0.1) is 0 Å². The molecule has 2 N–H and O–H groups in total. The fourth-order valence-electron chi connectivity index (χ4n) is 2.11. The second-order valence-corrected chi connectivity index (χ2v) is 5.05. The van der Waals surface area contributed by atoms with Gasteiger partial charge in [-0.15, -0.1) is 0 Å². The lowest BCUT2D eigenvalue weighted by atomic mass is 9.99. The molecule has 0 bridgehead atoms. The van der Waals surface area contributed by atoms with Gasteiger partial charge in [0.25, 0.3) is 5.56 Å². The summed E-state index contributed by atoms with van der Waals surface area (Å²) in [6.45, 7) is 7.52. The first-order valence-corrected chi connectivity index (χ1v) is 6.82. The molecule has 1 atom stereocenters. The zero-order valence-electron chi connectivity index (χ0n) is 12.5. The van der Waals surface area contributed by atoms with E-state index in [0.717, 1.165) is 17.7 Å². The molecule has 5 heteroatoms.